The van der Waals surface area contributed by atoms with Gasteiger partial charge in [-0.1, -0.05) is 34.1 Å². The topological polar surface area (TPSA) is 82.5 Å². The summed E-state index contributed by atoms with van der Waals surface area (Å²) in [5.41, 5.74) is 1.13. The number of anilines is 1. The van der Waals surface area contributed by atoms with Gasteiger partial charge < -0.3 is 15.5 Å². The van der Waals surface area contributed by atoms with Gasteiger partial charge in [-0.2, -0.15) is 0 Å². The molecule has 0 radical (unpaired) electrons. The maximum absolute atomic E-state index is 10.9. The van der Waals surface area contributed by atoms with E-state index in [0.717, 1.165) is 16.5 Å². The lowest BCUT2D eigenvalue weighted by molar-refractivity contribution is 0.0690. The van der Waals surface area contributed by atoms with Gasteiger partial charge in [-0.15, -0.1) is 0 Å². The zero-order chi connectivity index (χ0) is 15.9. The second-order valence-electron chi connectivity index (χ2n) is 4.98. The average Bonchev–Trinajstić information content (AvgIpc) is 2.51. The highest BCUT2D eigenvalue weighted by Gasteiger charge is 2.10. The molecule has 0 bridgehead atoms. The highest BCUT2D eigenvalue weighted by Crippen LogP contribution is 2.16. The number of carboxylic acids is 1. The summed E-state index contributed by atoms with van der Waals surface area (Å²) in [7, 11) is 0. The summed E-state index contributed by atoms with van der Waals surface area (Å²) in [5.74, 6) is -0.548. The highest BCUT2D eigenvalue weighted by atomic mass is 79.9. The second-order valence-corrected chi connectivity index (χ2v) is 5.89. The molecule has 1 aromatic carbocycles. The van der Waals surface area contributed by atoms with E-state index in [-0.39, 0.29) is 18.2 Å². The van der Waals surface area contributed by atoms with Crippen LogP contribution in [0.3, 0.4) is 0 Å². The first-order valence-electron chi connectivity index (χ1n) is 6.88. The van der Waals surface area contributed by atoms with E-state index in [1.807, 2.05) is 24.3 Å². The van der Waals surface area contributed by atoms with E-state index < -0.39 is 5.97 Å². The molecular weight excluding hydrogens is 348 g/mol. The molecule has 22 heavy (non-hydrogen) atoms. The van der Waals surface area contributed by atoms with Gasteiger partial charge in [0.25, 0.3) is 0 Å². The first-order chi connectivity index (χ1) is 10.6. The fourth-order valence-electron chi connectivity index (χ4n) is 2.10. The second kappa shape index (κ2) is 7.91. The zero-order valence-electron chi connectivity index (χ0n) is 11.9. The van der Waals surface area contributed by atoms with Crippen LogP contribution in [0.15, 0.2) is 46.9 Å². The van der Waals surface area contributed by atoms with Crippen LogP contribution < -0.4 is 5.32 Å². The highest BCUT2D eigenvalue weighted by molar-refractivity contribution is 9.10. The SMILES string of the molecule is O=C(O)c1cccc(NCC(CO)Cc2cccc(Br)c2)n1. The van der Waals surface area contributed by atoms with Gasteiger partial charge in [0.1, 0.15) is 5.82 Å². The number of rotatable bonds is 7. The molecule has 5 nitrogen and oxygen atoms in total. The van der Waals surface area contributed by atoms with Crippen molar-refractivity contribution >= 4 is 27.7 Å². The zero-order valence-corrected chi connectivity index (χ0v) is 13.5. The number of hydrogen-bond donors (Lipinski definition) is 3. The average molecular weight is 365 g/mol. The molecule has 0 aliphatic heterocycles. The quantitative estimate of drug-likeness (QED) is 0.703. The molecule has 1 atom stereocenters. The van der Waals surface area contributed by atoms with Crippen LogP contribution >= 0.6 is 15.9 Å². The Morgan fingerprint density at radius 2 is 2.05 bits per heavy atom. The van der Waals surface area contributed by atoms with E-state index >= 15 is 0 Å². The van der Waals surface area contributed by atoms with Crippen molar-refractivity contribution in [3.63, 3.8) is 0 Å². The van der Waals surface area contributed by atoms with Crippen LogP contribution in [0.5, 0.6) is 0 Å². The molecule has 0 saturated carbocycles. The van der Waals surface area contributed by atoms with Crippen LogP contribution in [0.25, 0.3) is 0 Å². The van der Waals surface area contributed by atoms with E-state index in [4.69, 9.17) is 5.11 Å². The Balaban J connectivity index is 1.96. The van der Waals surface area contributed by atoms with Crippen molar-refractivity contribution in [3.05, 3.63) is 58.2 Å². The summed E-state index contributed by atoms with van der Waals surface area (Å²) in [6.07, 6.45) is 0.724. The lowest BCUT2D eigenvalue weighted by atomic mass is 10.00. The molecular formula is C16H17BrN2O3. The molecule has 2 rings (SSSR count). The van der Waals surface area contributed by atoms with Crippen molar-refractivity contribution in [1.29, 1.82) is 0 Å². The number of halogens is 1. The lowest BCUT2D eigenvalue weighted by Crippen LogP contribution is -2.21. The van der Waals surface area contributed by atoms with E-state index in [2.05, 4.69) is 26.2 Å². The number of carbonyl (C=O) groups is 1. The molecule has 2 aromatic rings. The summed E-state index contributed by atoms with van der Waals surface area (Å²) < 4.78 is 1.01. The molecule has 0 saturated heterocycles. The van der Waals surface area contributed by atoms with Crippen LogP contribution in [-0.2, 0) is 6.42 Å². The van der Waals surface area contributed by atoms with Gasteiger partial charge in [0, 0.05) is 23.5 Å². The van der Waals surface area contributed by atoms with Crippen molar-refractivity contribution in [2.24, 2.45) is 5.92 Å². The number of pyridine rings is 1. The Kier molecular flexibility index (Phi) is 5.91. The van der Waals surface area contributed by atoms with Crippen LogP contribution in [0, 0.1) is 5.92 Å². The van der Waals surface area contributed by atoms with Crippen molar-refractivity contribution in [2.45, 2.75) is 6.42 Å². The van der Waals surface area contributed by atoms with Crippen LogP contribution in [0.2, 0.25) is 0 Å². The minimum atomic E-state index is -1.06. The van der Waals surface area contributed by atoms with Gasteiger partial charge >= 0.3 is 5.97 Å². The number of nitrogens with zero attached hydrogens (tertiary/aromatic N) is 1. The molecule has 3 N–H and O–H groups in total. The number of aromatic nitrogens is 1. The van der Waals surface area contributed by atoms with Crippen molar-refractivity contribution in [1.82, 2.24) is 4.98 Å². The Morgan fingerprint density at radius 3 is 2.73 bits per heavy atom. The predicted molar refractivity (Wildman–Crippen MR) is 88.1 cm³/mol. The predicted octanol–water partition coefficient (Wildman–Crippen LogP) is 2.81. The standard InChI is InChI=1S/C16H17BrN2O3/c17-13-4-1-3-11(8-13)7-12(10-20)9-18-15-6-2-5-14(19-15)16(21)22/h1-6,8,12,20H,7,9-10H2,(H,18,19)(H,21,22). The summed E-state index contributed by atoms with van der Waals surface area (Å²) in [4.78, 5) is 14.9. The summed E-state index contributed by atoms with van der Waals surface area (Å²) in [6, 6.07) is 12.7. The number of benzene rings is 1. The fraction of sp³-hybridized carbons (Fsp3) is 0.250. The number of nitrogens with one attached hydrogen (secondary N) is 1. The van der Waals surface area contributed by atoms with Crippen molar-refractivity contribution in [3.8, 4) is 0 Å². The van der Waals surface area contributed by atoms with Crippen molar-refractivity contribution < 1.29 is 15.0 Å². The van der Waals surface area contributed by atoms with Gasteiger partial charge in [0.05, 0.1) is 0 Å². The molecule has 0 aliphatic carbocycles. The summed E-state index contributed by atoms with van der Waals surface area (Å²) >= 11 is 3.43. The van der Waals surface area contributed by atoms with Crippen molar-refractivity contribution in [2.75, 3.05) is 18.5 Å². The first kappa shape index (κ1) is 16.5. The number of aliphatic hydroxyl groups excluding tert-OH is 1. The van der Waals surface area contributed by atoms with E-state index in [9.17, 15) is 9.90 Å². The van der Waals surface area contributed by atoms with Crippen LogP contribution in [0.1, 0.15) is 16.1 Å². The third-order valence-electron chi connectivity index (χ3n) is 3.21. The molecule has 0 aliphatic rings. The molecule has 116 valence electrons. The fourth-order valence-corrected chi connectivity index (χ4v) is 2.55. The Hall–Kier alpha value is -1.92. The van der Waals surface area contributed by atoms with Crippen LogP contribution in [-0.4, -0.2) is 34.3 Å². The van der Waals surface area contributed by atoms with Gasteiger partial charge in [-0.25, -0.2) is 9.78 Å². The number of aromatic carboxylic acids is 1. The minimum absolute atomic E-state index is 0.00228. The smallest absolute Gasteiger partial charge is 0.354 e. The van der Waals surface area contributed by atoms with Gasteiger partial charge in [-0.05, 0) is 36.2 Å². The maximum Gasteiger partial charge on any atom is 0.354 e. The molecule has 0 fully saturated rings. The van der Waals surface area contributed by atoms with E-state index in [1.54, 1.807) is 12.1 Å². The normalized spacial score (nSPS) is 11.9. The van der Waals surface area contributed by atoms with Gasteiger partial charge in [0.15, 0.2) is 5.69 Å². The molecule has 1 aromatic heterocycles. The van der Waals surface area contributed by atoms with E-state index in [0.29, 0.717) is 12.4 Å². The Morgan fingerprint density at radius 1 is 1.27 bits per heavy atom. The maximum atomic E-state index is 10.9. The molecule has 1 unspecified atom stereocenters. The molecule has 6 heteroatoms. The Bertz CT molecular complexity index is 649. The largest absolute Gasteiger partial charge is 0.477 e. The third-order valence-corrected chi connectivity index (χ3v) is 3.70. The molecule has 1 heterocycles. The third kappa shape index (κ3) is 4.82. The Labute approximate surface area is 137 Å². The van der Waals surface area contributed by atoms with E-state index in [1.165, 1.54) is 6.07 Å². The number of hydrogen-bond acceptors (Lipinski definition) is 4. The van der Waals surface area contributed by atoms with Gasteiger partial charge in [0.2, 0.25) is 0 Å². The monoisotopic (exact) mass is 364 g/mol. The number of aliphatic hydroxyl groups is 1. The minimum Gasteiger partial charge on any atom is -0.477 e. The first-order valence-corrected chi connectivity index (χ1v) is 7.67. The lowest BCUT2D eigenvalue weighted by Gasteiger charge is -2.16. The molecule has 0 amide bonds. The van der Waals surface area contributed by atoms with Gasteiger partial charge in [-0.3, -0.25) is 0 Å². The van der Waals surface area contributed by atoms with Crippen LogP contribution in [0.4, 0.5) is 5.82 Å². The summed E-state index contributed by atoms with van der Waals surface area (Å²) in [5, 5.41) is 21.5. The summed E-state index contributed by atoms with van der Waals surface area (Å²) in [6.45, 7) is 0.553. The molecule has 0 spiro atoms. The number of carboxylic acid groups (broad SMARTS) is 1.